The number of nitrogens with zero attached hydrogens (tertiary/aromatic N) is 1. The van der Waals surface area contributed by atoms with Crippen LogP contribution in [0.4, 0.5) is 4.79 Å². The van der Waals surface area contributed by atoms with Crippen LogP contribution in [0.3, 0.4) is 0 Å². The highest BCUT2D eigenvalue weighted by atomic mass is 16.6. The van der Waals surface area contributed by atoms with Crippen molar-refractivity contribution in [3.63, 3.8) is 0 Å². The smallest absolute Gasteiger partial charge is 0.408 e. The SMILES string of the molecule is C.CC[C@H](C)[C@H](NC(=O)[C@@H](CCCN=C(N)N)NC(=O)[C@H](CC(C)C)NC(=O)OC(C)(C)C)C(=O)N[C@H](C(=O)OCc1ccccc1)[C@H](C)O. The quantitative estimate of drug-likeness (QED) is 0.0479. The number of rotatable bonds is 19. The number of carbonyl (C=O) groups excluding carboxylic acids is 5. The molecule has 6 atom stereocenters. The summed E-state index contributed by atoms with van der Waals surface area (Å²) in [6, 6.07) is 4.19. The van der Waals surface area contributed by atoms with Crippen molar-refractivity contribution in [2.24, 2.45) is 28.3 Å². The normalized spacial score (nSPS) is 14.7. The maximum Gasteiger partial charge on any atom is 0.408 e. The van der Waals surface area contributed by atoms with E-state index in [4.69, 9.17) is 20.9 Å². The summed E-state index contributed by atoms with van der Waals surface area (Å²) in [6.07, 6.45) is -0.988. The molecule has 284 valence electrons. The lowest BCUT2D eigenvalue weighted by Gasteiger charge is -2.29. The number of esters is 1. The van der Waals surface area contributed by atoms with Crippen LogP contribution < -0.4 is 32.7 Å². The molecule has 1 rings (SSSR count). The molecule has 15 heteroatoms. The number of ether oxygens (including phenoxy) is 2. The minimum atomic E-state index is -1.41. The van der Waals surface area contributed by atoms with Gasteiger partial charge in [0.25, 0.3) is 0 Å². The standard InChI is InChI=1S/C34H57N7O8.CH4/c1-9-21(4)26(30(45)41-27(22(5)42)31(46)48-19-23-14-11-10-12-15-23)40-28(43)24(16-13-17-37-32(35)36)38-29(44)25(18-20(2)3)39-33(47)49-34(6,7)8;/h10-12,14-15,20-22,24-27,42H,9,13,16-19H2,1-8H3,(H,38,44)(H,39,47)(H,40,43)(H,41,45)(H4,35,36,37);1H4/t21-,22-,24+,25-,26-,27-;/m0./s1. The summed E-state index contributed by atoms with van der Waals surface area (Å²) in [4.78, 5) is 70.2. The number of hydrogen-bond acceptors (Lipinski definition) is 9. The maximum atomic E-state index is 13.8. The van der Waals surface area contributed by atoms with Gasteiger partial charge < -0.3 is 47.3 Å². The summed E-state index contributed by atoms with van der Waals surface area (Å²) < 4.78 is 10.7. The number of aliphatic hydroxyl groups is 1. The number of alkyl carbamates (subject to hydrolysis) is 1. The van der Waals surface area contributed by atoms with Crippen molar-refractivity contribution < 1.29 is 38.6 Å². The lowest BCUT2D eigenvalue weighted by atomic mass is 9.96. The van der Waals surface area contributed by atoms with Crippen LogP contribution in [0.1, 0.15) is 94.1 Å². The number of aliphatic hydroxyl groups excluding tert-OH is 1. The van der Waals surface area contributed by atoms with Crippen LogP contribution in [0.15, 0.2) is 35.3 Å². The molecular formula is C35H61N7O8. The number of benzene rings is 1. The Labute approximate surface area is 297 Å². The Morgan fingerprint density at radius 3 is 1.96 bits per heavy atom. The van der Waals surface area contributed by atoms with E-state index in [1.807, 2.05) is 26.8 Å². The van der Waals surface area contributed by atoms with Gasteiger partial charge in [0.1, 0.15) is 30.3 Å². The van der Waals surface area contributed by atoms with Gasteiger partial charge in [-0.05, 0) is 64.4 Å². The summed E-state index contributed by atoms with van der Waals surface area (Å²) in [6.45, 7) is 13.9. The van der Waals surface area contributed by atoms with Gasteiger partial charge in [-0.25, -0.2) is 9.59 Å². The molecule has 0 radical (unpaired) electrons. The molecule has 0 unspecified atom stereocenters. The van der Waals surface area contributed by atoms with Gasteiger partial charge in [-0.1, -0.05) is 71.9 Å². The van der Waals surface area contributed by atoms with E-state index < -0.39 is 71.6 Å². The van der Waals surface area contributed by atoms with Gasteiger partial charge in [-0.15, -0.1) is 0 Å². The summed E-state index contributed by atoms with van der Waals surface area (Å²) >= 11 is 0. The first-order chi connectivity index (χ1) is 22.8. The second-order valence-electron chi connectivity index (χ2n) is 13.5. The third-order valence-corrected chi connectivity index (χ3v) is 7.34. The highest BCUT2D eigenvalue weighted by Gasteiger charge is 2.35. The fourth-order valence-electron chi connectivity index (χ4n) is 4.59. The number of aliphatic imine (C=N–C) groups is 1. The van der Waals surface area contributed by atoms with Crippen molar-refractivity contribution in [1.82, 2.24) is 21.3 Å². The van der Waals surface area contributed by atoms with Gasteiger partial charge in [0.2, 0.25) is 17.7 Å². The van der Waals surface area contributed by atoms with E-state index in [1.54, 1.807) is 52.0 Å². The molecule has 0 heterocycles. The van der Waals surface area contributed by atoms with Crippen LogP contribution in [0.5, 0.6) is 0 Å². The molecule has 0 saturated carbocycles. The average Bonchev–Trinajstić information content (AvgIpc) is 3.00. The zero-order valence-corrected chi connectivity index (χ0v) is 30.1. The first-order valence-corrected chi connectivity index (χ1v) is 16.7. The summed E-state index contributed by atoms with van der Waals surface area (Å²) in [5.74, 6) is -3.42. The molecule has 0 aliphatic rings. The molecule has 1 aromatic rings. The average molecular weight is 708 g/mol. The summed E-state index contributed by atoms with van der Waals surface area (Å²) in [5.41, 5.74) is 10.8. The highest BCUT2D eigenvalue weighted by Crippen LogP contribution is 2.13. The topological polar surface area (TPSA) is 237 Å². The Hall–Kier alpha value is -4.40. The molecule has 50 heavy (non-hydrogen) atoms. The second kappa shape index (κ2) is 22.3. The summed E-state index contributed by atoms with van der Waals surface area (Å²) in [5, 5.41) is 20.9. The van der Waals surface area contributed by atoms with E-state index in [2.05, 4.69) is 26.3 Å². The Kier molecular flexibility index (Phi) is 20.4. The monoisotopic (exact) mass is 707 g/mol. The molecule has 0 saturated heterocycles. The van der Waals surface area contributed by atoms with Crippen LogP contribution in [0.25, 0.3) is 0 Å². The van der Waals surface area contributed by atoms with Gasteiger partial charge in [0, 0.05) is 6.54 Å². The molecule has 0 aliphatic carbocycles. The Morgan fingerprint density at radius 1 is 0.860 bits per heavy atom. The van der Waals surface area contributed by atoms with Gasteiger partial charge >= 0.3 is 12.1 Å². The first kappa shape index (κ1) is 45.6. The van der Waals surface area contributed by atoms with E-state index >= 15 is 0 Å². The molecule has 0 aromatic heterocycles. The number of amides is 4. The first-order valence-electron chi connectivity index (χ1n) is 16.7. The van der Waals surface area contributed by atoms with Crippen LogP contribution in [-0.4, -0.2) is 83.3 Å². The maximum absolute atomic E-state index is 13.8. The van der Waals surface area contributed by atoms with Gasteiger partial charge in [0.05, 0.1) is 6.10 Å². The summed E-state index contributed by atoms with van der Waals surface area (Å²) in [7, 11) is 0. The van der Waals surface area contributed by atoms with Crippen molar-refractivity contribution in [1.29, 1.82) is 0 Å². The third kappa shape index (κ3) is 17.8. The zero-order chi connectivity index (χ0) is 37.3. The number of hydrogen-bond donors (Lipinski definition) is 7. The predicted molar refractivity (Wildman–Crippen MR) is 192 cm³/mol. The van der Waals surface area contributed by atoms with Crippen LogP contribution in [-0.2, 0) is 35.3 Å². The molecular weight excluding hydrogens is 646 g/mol. The minimum Gasteiger partial charge on any atom is -0.459 e. The molecule has 0 spiro atoms. The fourth-order valence-corrected chi connectivity index (χ4v) is 4.59. The molecule has 9 N–H and O–H groups in total. The molecule has 0 fully saturated rings. The van der Waals surface area contributed by atoms with Gasteiger partial charge in [0.15, 0.2) is 12.0 Å². The lowest BCUT2D eigenvalue weighted by Crippen LogP contribution is -2.60. The molecule has 1 aromatic carbocycles. The van der Waals surface area contributed by atoms with E-state index in [-0.39, 0.29) is 45.3 Å². The largest absolute Gasteiger partial charge is 0.459 e. The van der Waals surface area contributed by atoms with Crippen LogP contribution >= 0.6 is 0 Å². The number of nitrogens with one attached hydrogen (secondary N) is 4. The Balaban J connectivity index is 0.0000240. The molecule has 0 aliphatic heterocycles. The number of nitrogens with two attached hydrogens (primary N) is 2. The van der Waals surface area contributed by atoms with E-state index in [0.29, 0.717) is 12.8 Å². The molecule has 15 nitrogen and oxygen atoms in total. The van der Waals surface area contributed by atoms with Gasteiger partial charge in [-0.2, -0.15) is 0 Å². The van der Waals surface area contributed by atoms with Crippen LogP contribution in [0.2, 0.25) is 0 Å². The number of guanidine groups is 1. The third-order valence-electron chi connectivity index (χ3n) is 7.34. The Bertz CT molecular complexity index is 1250. The zero-order valence-electron chi connectivity index (χ0n) is 30.1. The highest BCUT2D eigenvalue weighted by molar-refractivity contribution is 5.95. The second-order valence-corrected chi connectivity index (χ2v) is 13.5. The fraction of sp³-hybridized carbons (Fsp3) is 0.657. The van der Waals surface area contributed by atoms with Crippen molar-refractivity contribution in [2.45, 2.75) is 131 Å². The van der Waals surface area contributed by atoms with Crippen molar-refractivity contribution in [2.75, 3.05) is 6.54 Å². The van der Waals surface area contributed by atoms with Crippen molar-refractivity contribution in [3.05, 3.63) is 35.9 Å². The van der Waals surface area contributed by atoms with E-state index in [1.165, 1.54) is 6.92 Å². The van der Waals surface area contributed by atoms with Crippen molar-refractivity contribution >= 4 is 35.7 Å². The molecule has 0 bridgehead atoms. The predicted octanol–water partition coefficient (Wildman–Crippen LogP) is 2.24. The minimum absolute atomic E-state index is 0. The lowest BCUT2D eigenvalue weighted by molar-refractivity contribution is -0.152. The van der Waals surface area contributed by atoms with E-state index in [9.17, 15) is 29.1 Å². The van der Waals surface area contributed by atoms with E-state index in [0.717, 1.165) is 5.56 Å². The van der Waals surface area contributed by atoms with Crippen molar-refractivity contribution in [3.8, 4) is 0 Å². The van der Waals surface area contributed by atoms with Crippen LogP contribution in [0, 0.1) is 11.8 Å². The van der Waals surface area contributed by atoms with Gasteiger partial charge in [-0.3, -0.25) is 19.4 Å². The Morgan fingerprint density at radius 2 is 1.44 bits per heavy atom. The number of carbonyl (C=O) groups is 5. The molecule has 4 amide bonds.